The summed E-state index contributed by atoms with van der Waals surface area (Å²) in [5.74, 6) is -0.887. The highest BCUT2D eigenvalue weighted by Crippen LogP contribution is 2.37. The van der Waals surface area contributed by atoms with E-state index in [9.17, 15) is 18.0 Å². The van der Waals surface area contributed by atoms with Crippen LogP contribution in [0.5, 0.6) is 5.75 Å². The second kappa shape index (κ2) is 7.83. The largest absolute Gasteiger partial charge is 0.496 e. The molecule has 0 spiro atoms. The number of methoxy groups -OCH3 is 1. The van der Waals surface area contributed by atoms with Crippen LogP contribution >= 0.6 is 0 Å². The van der Waals surface area contributed by atoms with E-state index < -0.39 is 17.6 Å². The van der Waals surface area contributed by atoms with Gasteiger partial charge in [-0.1, -0.05) is 13.0 Å². The number of carbonyl (C=O) groups is 1. The van der Waals surface area contributed by atoms with Crippen molar-refractivity contribution in [3.63, 3.8) is 0 Å². The quantitative estimate of drug-likeness (QED) is 0.832. The third-order valence-electron chi connectivity index (χ3n) is 5.09. The second-order valence-corrected chi connectivity index (χ2v) is 6.94. The monoisotopic (exact) mass is 392 g/mol. The maximum Gasteiger partial charge on any atom is 0.419 e. The molecule has 0 unspecified atom stereocenters. The van der Waals surface area contributed by atoms with Gasteiger partial charge in [-0.3, -0.25) is 4.79 Å². The molecule has 0 saturated heterocycles. The molecule has 0 saturated carbocycles. The van der Waals surface area contributed by atoms with E-state index in [1.807, 2.05) is 26.1 Å². The van der Waals surface area contributed by atoms with Gasteiger partial charge >= 0.3 is 6.18 Å². The van der Waals surface area contributed by atoms with Gasteiger partial charge in [-0.15, -0.1) is 0 Å². The summed E-state index contributed by atoms with van der Waals surface area (Å²) in [6, 6.07) is 7.16. The highest BCUT2D eigenvalue weighted by Gasteiger charge is 2.35. The third-order valence-corrected chi connectivity index (χ3v) is 5.09. The lowest BCUT2D eigenvalue weighted by atomic mass is 9.92. The first kappa shape index (κ1) is 20.2. The fraction of sp³-hybridized carbons (Fsp3) is 0.381. The average molecular weight is 392 g/mol. The molecule has 0 fully saturated rings. The zero-order valence-corrected chi connectivity index (χ0v) is 16.1. The number of alkyl halides is 3. The first-order valence-electron chi connectivity index (χ1n) is 9.13. The molecular formula is C21H23F3N2O2. The zero-order valence-electron chi connectivity index (χ0n) is 16.1. The van der Waals surface area contributed by atoms with Gasteiger partial charge in [0.2, 0.25) is 0 Å². The van der Waals surface area contributed by atoms with Crippen molar-refractivity contribution in [1.82, 2.24) is 4.90 Å². The summed E-state index contributed by atoms with van der Waals surface area (Å²) in [6.07, 6.45) is -2.93. The average Bonchev–Trinajstić information content (AvgIpc) is 2.66. The summed E-state index contributed by atoms with van der Waals surface area (Å²) in [4.78, 5) is 14.9. The van der Waals surface area contributed by atoms with Gasteiger partial charge in [0.1, 0.15) is 5.75 Å². The lowest BCUT2D eigenvalue weighted by molar-refractivity contribution is -0.138. The van der Waals surface area contributed by atoms with Crippen LogP contribution in [-0.4, -0.2) is 31.5 Å². The summed E-state index contributed by atoms with van der Waals surface area (Å²) in [5.41, 5.74) is 3.10. The van der Waals surface area contributed by atoms with Crippen LogP contribution in [0, 0.1) is 0 Å². The van der Waals surface area contributed by atoms with Gasteiger partial charge in [-0.05, 0) is 60.8 Å². The van der Waals surface area contributed by atoms with E-state index in [0.29, 0.717) is 5.69 Å². The normalized spacial score (nSPS) is 14.5. The summed E-state index contributed by atoms with van der Waals surface area (Å²) in [7, 11) is 3.21. The molecule has 1 aliphatic heterocycles. The lowest BCUT2D eigenvalue weighted by Crippen LogP contribution is -2.28. The molecule has 0 atom stereocenters. The highest BCUT2D eigenvalue weighted by atomic mass is 19.4. The van der Waals surface area contributed by atoms with E-state index in [-0.39, 0.29) is 11.3 Å². The molecule has 1 N–H and O–H groups in total. The van der Waals surface area contributed by atoms with Crippen LogP contribution in [0.25, 0.3) is 0 Å². The summed E-state index contributed by atoms with van der Waals surface area (Å²) in [6.45, 7) is 3.78. The van der Waals surface area contributed by atoms with E-state index in [1.54, 1.807) is 0 Å². The van der Waals surface area contributed by atoms with Crippen LogP contribution in [0.15, 0.2) is 30.3 Å². The topological polar surface area (TPSA) is 41.6 Å². The van der Waals surface area contributed by atoms with Gasteiger partial charge in [-0.2, -0.15) is 13.2 Å². The van der Waals surface area contributed by atoms with Gasteiger partial charge in [0.15, 0.2) is 0 Å². The van der Waals surface area contributed by atoms with Crippen LogP contribution in [0.4, 0.5) is 18.9 Å². The van der Waals surface area contributed by atoms with Crippen molar-refractivity contribution in [2.24, 2.45) is 0 Å². The number of hydrogen-bond acceptors (Lipinski definition) is 3. The molecule has 150 valence electrons. The van der Waals surface area contributed by atoms with Gasteiger partial charge in [0.05, 0.1) is 12.7 Å². The fourth-order valence-corrected chi connectivity index (χ4v) is 3.62. The molecule has 0 radical (unpaired) electrons. The number of fused-ring (bicyclic) bond motifs is 1. The summed E-state index contributed by atoms with van der Waals surface area (Å²) in [5, 5.41) is 2.79. The van der Waals surface area contributed by atoms with Gasteiger partial charge < -0.3 is 15.0 Å². The Balaban J connectivity index is 1.93. The van der Waals surface area contributed by atoms with Crippen molar-refractivity contribution < 1.29 is 22.7 Å². The first-order valence-corrected chi connectivity index (χ1v) is 9.13. The number of carbonyl (C=O) groups excluding carboxylic acids is 1. The number of anilines is 1. The Morgan fingerprint density at radius 3 is 2.64 bits per heavy atom. The smallest absolute Gasteiger partial charge is 0.419 e. The molecule has 28 heavy (non-hydrogen) atoms. The fourth-order valence-electron chi connectivity index (χ4n) is 3.62. The maximum absolute atomic E-state index is 13.2. The SMILES string of the molecule is CCc1c(NC(=O)c2ccc(OC)c(C(F)(F)F)c2)ccc2c1CN(C)CC2. The molecule has 0 bridgehead atoms. The maximum atomic E-state index is 13.2. The molecule has 0 aromatic heterocycles. The van der Waals surface area contributed by atoms with Gasteiger partial charge in [-0.25, -0.2) is 0 Å². The Kier molecular flexibility index (Phi) is 5.65. The molecule has 1 aliphatic rings. The number of benzene rings is 2. The minimum Gasteiger partial charge on any atom is -0.496 e. The minimum atomic E-state index is -4.60. The van der Waals surface area contributed by atoms with Gasteiger partial charge in [0, 0.05) is 24.3 Å². The van der Waals surface area contributed by atoms with E-state index in [2.05, 4.69) is 10.2 Å². The van der Waals surface area contributed by atoms with Crippen molar-refractivity contribution in [2.45, 2.75) is 32.5 Å². The molecule has 1 heterocycles. The Morgan fingerprint density at radius 1 is 1.25 bits per heavy atom. The standard InChI is InChI=1S/C21H23F3N2O2/c1-4-15-16-12-26(2)10-9-13(16)5-7-18(15)25-20(27)14-6-8-19(28-3)17(11-14)21(22,23)24/h5-8,11H,4,9-10,12H2,1-3H3,(H,25,27). The van der Waals surface area contributed by atoms with E-state index in [0.717, 1.165) is 37.6 Å². The van der Waals surface area contributed by atoms with Crippen molar-refractivity contribution in [3.8, 4) is 5.75 Å². The van der Waals surface area contributed by atoms with Crippen LogP contribution in [0.1, 0.15) is 39.5 Å². The number of amides is 1. The third kappa shape index (κ3) is 3.99. The number of rotatable bonds is 4. The molecule has 4 nitrogen and oxygen atoms in total. The predicted octanol–water partition coefficient (Wildman–Crippen LogP) is 4.52. The lowest BCUT2D eigenvalue weighted by Gasteiger charge is -2.28. The highest BCUT2D eigenvalue weighted by molar-refractivity contribution is 6.05. The van der Waals surface area contributed by atoms with Crippen molar-refractivity contribution in [3.05, 3.63) is 58.1 Å². The molecule has 2 aromatic carbocycles. The predicted molar refractivity (Wildman–Crippen MR) is 102 cm³/mol. The molecule has 7 heteroatoms. The van der Waals surface area contributed by atoms with Crippen LogP contribution in [0.3, 0.4) is 0 Å². The van der Waals surface area contributed by atoms with Crippen LogP contribution in [-0.2, 0) is 25.6 Å². The molecular weight excluding hydrogens is 369 g/mol. The Labute approximate surface area is 162 Å². The van der Waals surface area contributed by atoms with Crippen LogP contribution in [0.2, 0.25) is 0 Å². The zero-order chi connectivity index (χ0) is 20.5. The Hall–Kier alpha value is -2.54. The van der Waals surface area contributed by atoms with Crippen molar-refractivity contribution in [1.29, 1.82) is 0 Å². The number of hydrogen-bond donors (Lipinski definition) is 1. The minimum absolute atomic E-state index is 0.0648. The second-order valence-electron chi connectivity index (χ2n) is 6.94. The summed E-state index contributed by atoms with van der Waals surface area (Å²) >= 11 is 0. The molecule has 1 amide bonds. The number of ether oxygens (including phenoxy) is 1. The molecule has 3 rings (SSSR count). The van der Waals surface area contributed by atoms with Crippen LogP contribution < -0.4 is 10.1 Å². The first-order chi connectivity index (χ1) is 13.2. The molecule has 2 aromatic rings. The molecule has 0 aliphatic carbocycles. The van der Waals surface area contributed by atoms with E-state index in [4.69, 9.17) is 4.74 Å². The van der Waals surface area contributed by atoms with E-state index in [1.165, 1.54) is 30.4 Å². The number of halogens is 3. The summed E-state index contributed by atoms with van der Waals surface area (Å²) < 4.78 is 44.5. The van der Waals surface area contributed by atoms with Gasteiger partial charge in [0.25, 0.3) is 5.91 Å². The number of likely N-dealkylation sites (N-methyl/N-ethyl adjacent to an activating group) is 1. The van der Waals surface area contributed by atoms with Crippen molar-refractivity contribution >= 4 is 11.6 Å². The van der Waals surface area contributed by atoms with E-state index >= 15 is 0 Å². The Bertz CT molecular complexity index is 894. The number of nitrogens with zero attached hydrogens (tertiary/aromatic N) is 1. The number of nitrogens with one attached hydrogen (secondary N) is 1. The Morgan fingerprint density at radius 2 is 2.00 bits per heavy atom. The van der Waals surface area contributed by atoms with Crippen molar-refractivity contribution in [2.75, 3.05) is 26.0 Å².